The number of alkyl halides is 5. The van der Waals surface area contributed by atoms with Crippen molar-refractivity contribution in [2.24, 2.45) is 0 Å². The molecular weight excluding hydrogens is 614 g/mol. The van der Waals surface area contributed by atoms with Crippen LogP contribution in [-0.4, -0.2) is 47.2 Å². The van der Waals surface area contributed by atoms with Crippen molar-refractivity contribution in [2.75, 3.05) is 6.61 Å². The van der Waals surface area contributed by atoms with Crippen molar-refractivity contribution in [3.63, 3.8) is 0 Å². The van der Waals surface area contributed by atoms with Gasteiger partial charge in [0.05, 0.1) is 38.2 Å². The number of hydrogen-bond acceptors (Lipinski definition) is 6. The van der Waals surface area contributed by atoms with E-state index in [1.54, 1.807) is 0 Å². The second kappa shape index (κ2) is 14.7. The van der Waals surface area contributed by atoms with E-state index >= 15 is 4.39 Å². The Labute approximate surface area is 262 Å². The first kappa shape index (κ1) is 33.5. The van der Waals surface area contributed by atoms with Crippen molar-refractivity contribution in [1.82, 2.24) is 9.97 Å². The van der Waals surface area contributed by atoms with Gasteiger partial charge in [-0.15, -0.1) is 0 Å². The van der Waals surface area contributed by atoms with Gasteiger partial charge >= 0.3 is 12.1 Å². The van der Waals surface area contributed by atoms with Crippen LogP contribution in [0.15, 0.2) is 91.0 Å². The molecule has 1 aliphatic rings. The number of aryl methyl sites for hydroxylation is 1. The van der Waals surface area contributed by atoms with Crippen molar-refractivity contribution in [2.45, 2.75) is 69.7 Å². The number of rotatable bonds is 13. The van der Waals surface area contributed by atoms with Crippen molar-refractivity contribution in [3.05, 3.63) is 131 Å². The molecule has 0 radical (unpaired) electrons. The van der Waals surface area contributed by atoms with E-state index in [2.05, 4.69) is 9.97 Å². The van der Waals surface area contributed by atoms with Gasteiger partial charge in [0.25, 0.3) is 0 Å². The van der Waals surface area contributed by atoms with Crippen molar-refractivity contribution in [3.8, 4) is 0 Å². The highest BCUT2D eigenvalue weighted by molar-refractivity contribution is 5.22. The quantitative estimate of drug-likeness (QED) is 0.142. The average molecular weight is 647 g/mol. The molecule has 4 aromatic rings. The van der Waals surface area contributed by atoms with E-state index in [0.29, 0.717) is 0 Å². The highest BCUT2D eigenvalue weighted by atomic mass is 19.4. The Hall–Kier alpha value is -3.84. The van der Waals surface area contributed by atoms with Gasteiger partial charge in [0.2, 0.25) is 0 Å². The lowest BCUT2D eigenvalue weighted by Gasteiger charge is -2.25. The number of benzene rings is 3. The summed E-state index contributed by atoms with van der Waals surface area (Å²) in [7, 11) is 0. The Bertz CT molecular complexity index is 1540. The molecule has 0 amide bonds. The largest absolute Gasteiger partial charge is 0.459 e. The van der Waals surface area contributed by atoms with Crippen molar-refractivity contribution < 1.29 is 45.3 Å². The molecule has 2 heterocycles. The fraction of sp³-hybridized carbons (Fsp3) is 0.353. The Balaban J connectivity index is 1.45. The van der Waals surface area contributed by atoms with Crippen LogP contribution < -0.4 is 0 Å². The first-order valence-corrected chi connectivity index (χ1v) is 14.6. The van der Waals surface area contributed by atoms with Gasteiger partial charge in [0.15, 0.2) is 11.5 Å². The highest BCUT2D eigenvalue weighted by Gasteiger charge is 2.61. The maximum atomic E-state index is 15.4. The summed E-state index contributed by atoms with van der Waals surface area (Å²) in [5, 5.41) is 0. The normalized spacial score (nSPS) is 20.2. The molecule has 4 atom stereocenters. The number of nitrogens with zero attached hydrogens (tertiary/aromatic N) is 2. The maximum absolute atomic E-state index is 15.4. The molecule has 244 valence electrons. The van der Waals surface area contributed by atoms with Crippen LogP contribution in [0, 0.1) is 12.7 Å². The molecule has 46 heavy (non-hydrogen) atoms. The third-order valence-corrected chi connectivity index (χ3v) is 7.45. The minimum absolute atomic E-state index is 0.0265. The third-order valence-electron chi connectivity index (χ3n) is 7.45. The van der Waals surface area contributed by atoms with Gasteiger partial charge in [-0.2, -0.15) is 22.0 Å². The van der Waals surface area contributed by atoms with Crippen LogP contribution in [0.1, 0.15) is 33.9 Å². The van der Waals surface area contributed by atoms with Gasteiger partial charge in [-0.1, -0.05) is 91.0 Å². The lowest BCUT2D eigenvalue weighted by Crippen LogP contribution is -2.40. The van der Waals surface area contributed by atoms with Crippen molar-refractivity contribution >= 4 is 0 Å². The maximum Gasteiger partial charge on any atom is 0.459 e. The predicted octanol–water partition coefficient (Wildman–Crippen LogP) is 7.28. The molecule has 6 nitrogen and oxygen atoms in total. The van der Waals surface area contributed by atoms with Gasteiger partial charge in [0, 0.05) is 6.42 Å². The molecule has 0 unspecified atom stereocenters. The van der Waals surface area contributed by atoms with E-state index in [1.165, 1.54) is 0 Å². The molecule has 1 saturated heterocycles. The van der Waals surface area contributed by atoms with Gasteiger partial charge in [-0.3, -0.25) is 0 Å². The third kappa shape index (κ3) is 8.11. The van der Waals surface area contributed by atoms with E-state index in [-0.39, 0.29) is 26.4 Å². The molecule has 3 aromatic carbocycles. The molecule has 0 saturated carbocycles. The first-order valence-electron chi connectivity index (χ1n) is 14.6. The average Bonchev–Trinajstić information content (AvgIpc) is 3.36. The summed E-state index contributed by atoms with van der Waals surface area (Å²) in [5.41, 5.74) is -0.122. The Morgan fingerprint density at radius 3 is 1.65 bits per heavy atom. The zero-order valence-electron chi connectivity index (χ0n) is 24.8. The smallest absolute Gasteiger partial charge is 0.374 e. The van der Waals surface area contributed by atoms with Crippen LogP contribution >= 0.6 is 0 Å². The summed E-state index contributed by atoms with van der Waals surface area (Å²) < 4.78 is 108. The molecule has 1 fully saturated rings. The second-order valence-corrected chi connectivity index (χ2v) is 10.9. The SMILES string of the molecule is Cc1nc(C[C@@H]2O[C@H](COCc3ccccc3)[C@@H](OCc3ccccc3)[C@H]2OCc2ccccc2)c(F)c(C(F)(F)C(F)(F)F)n1. The minimum Gasteiger partial charge on any atom is -0.374 e. The molecule has 12 heteroatoms. The number of ether oxygens (including phenoxy) is 4. The first-order chi connectivity index (χ1) is 22.0. The van der Waals surface area contributed by atoms with Crippen molar-refractivity contribution in [1.29, 1.82) is 0 Å². The van der Waals surface area contributed by atoms with Crippen LogP contribution in [-0.2, 0) is 51.1 Å². The zero-order chi connectivity index (χ0) is 32.7. The highest BCUT2D eigenvalue weighted by Crippen LogP contribution is 2.44. The fourth-order valence-corrected chi connectivity index (χ4v) is 5.19. The number of halogens is 6. The fourth-order valence-electron chi connectivity index (χ4n) is 5.19. The van der Waals surface area contributed by atoms with E-state index in [1.807, 2.05) is 91.0 Å². The summed E-state index contributed by atoms with van der Waals surface area (Å²) in [4.78, 5) is 7.03. The zero-order valence-corrected chi connectivity index (χ0v) is 24.8. The molecule has 1 aromatic heterocycles. The van der Waals surface area contributed by atoms with Crippen LogP contribution in [0.4, 0.5) is 26.3 Å². The standard InChI is InChI=1S/C34H32F6N2O4/c1-22-41-26(29(35)32(42-22)33(36,37)34(38,39)40)17-27-30(44-19-24-13-7-3-8-14-24)31(45-20-25-15-9-4-10-16-25)28(46-27)21-43-18-23-11-5-2-6-12-23/h2-16,27-28,30-31H,17-21H2,1H3/t27-,28+,30-,31+/m0/s1. The van der Waals surface area contributed by atoms with Gasteiger partial charge in [-0.05, 0) is 23.6 Å². The van der Waals surface area contributed by atoms with Crippen LogP contribution in [0.25, 0.3) is 0 Å². The number of hydrogen-bond donors (Lipinski definition) is 0. The summed E-state index contributed by atoms with van der Waals surface area (Å²) in [6.45, 7) is 1.65. The number of aromatic nitrogens is 2. The second-order valence-electron chi connectivity index (χ2n) is 10.9. The van der Waals surface area contributed by atoms with Crippen LogP contribution in [0.3, 0.4) is 0 Å². The Kier molecular flexibility index (Phi) is 10.7. The summed E-state index contributed by atoms with van der Waals surface area (Å²) in [5.74, 6) is -7.84. The molecule has 0 bridgehead atoms. The van der Waals surface area contributed by atoms with E-state index < -0.39 is 66.0 Å². The van der Waals surface area contributed by atoms with Crippen LogP contribution in [0.5, 0.6) is 0 Å². The lowest BCUT2D eigenvalue weighted by atomic mass is 10.0. The molecule has 5 rings (SSSR count). The summed E-state index contributed by atoms with van der Waals surface area (Å²) >= 11 is 0. The molecule has 0 N–H and O–H groups in total. The summed E-state index contributed by atoms with van der Waals surface area (Å²) in [6.07, 6.45) is -10.1. The molecule has 1 aliphatic heterocycles. The topological polar surface area (TPSA) is 62.7 Å². The molecular formula is C34H32F6N2O4. The van der Waals surface area contributed by atoms with Gasteiger partial charge in [0.1, 0.15) is 24.1 Å². The predicted molar refractivity (Wildman–Crippen MR) is 155 cm³/mol. The van der Waals surface area contributed by atoms with E-state index in [4.69, 9.17) is 18.9 Å². The molecule has 0 spiro atoms. The van der Waals surface area contributed by atoms with Crippen LogP contribution in [0.2, 0.25) is 0 Å². The Morgan fingerprint density at radius 2 is 1.15 bits per heavy atom. The van der Waals surface area contributed by atoms with E-state index in [0.717, 1.165) is 23.6 Å². The van der Waals surface area contributed by atoms with Gasteiger partial charge < -0.3 is 18.9 Å². The van der Waals surface area contributed by atoms with E-state index in [9.17, 15) is 22.0 Å². The van der Waals surface area contributed by atoms with Gasteiger partial charge in [-0.25, -0.2) is 14.4 Å². The summed E-state index contributed by atoms with van der Waals surface area (Å²) in [6, 6.07) is 27.9. The minimum atomic E-state index is -6.06. The lowest BCUT2D eigenvalue weighted by molar-refractivity contribution is -0.292. The molecule has 0 aliphatic carbocycles. The monoisotopic (exact) mass is 646 g/mol. The Morgan fingerprint density at radius 1 is 0.674 bits per heavy atom.